The van der Waals surface area contributed by atoms with Gasteiger partial charge in [-0.3, -0.25) is 9.59 Å². The number of hydrogen-bond acceptors (Lipinski definition) is 12. The van der Waals surface area contributed by atoms with Crippen LogP contribution < -0.4 is 21.7 Å². The van der Waals surface area contributed by atoms with Gasteiger partial charge in [-0.05, 0) is 95.2 Å². The Morgan fingerprint density at radius 3 is 1.70 bits per heavy atom. The summed E-state index contributed by atoms with van der Waals surface area (Å²) in [7, 11) is 3.58. The molecule has 0 unspecified atom stereocenters. The minimum Gasteiger partial charge on any atom is -0.399 e. The molecule has 4 aromatic heterocycles. The SMILES string of the molecule is CC(=O)N1CCc2ccc(Nc3ncc4c(Nc5c(Cl)cccc5Cl)nn(C)c4n3)cc2C1.Cn1nc(Nc2c(Cl)cccc2Cl)c2cnc(Cl)nc21.Nc1ccc2c(c1)CN(C(=O)C(F)(F)F)CC2. The van der Waals surface area contributed by atoms with Crippen molar-refractivity contribution in [1.82, 2.24) is 49.3 Å². The van der Waals surface area contributed by atoms with Crippen molar-refractivity contribution in [2.45, 2.75) is 39.0 Å². The zero-order valence-corrected chi connectivity index (χ0v) is 41.0. The Hall–Kier alpha value is -6.64. The number of benzene rings is 4. The van der Waals surface area contributed by atoms with Crippen molar-refractivity contribution in [2.24, 2.45) is 14.1 Å². The number of hydrogen-bond donors (Lipinski definition) is 4. The number of fused-ring (bicyclic) bond motifs is 4. The van der Waals surface area contributed by atoms with Gasteiger partial charge in [0.2, 0.25) is 17.1 Å². The van der Waals surface area contributed by atoms with Gasteiger partial charge in [0.15, 0.2) is 22.9 Å². The van der Waals surface area contributed by atoms with E-state index in [0.717, 1.165) is 45.5 Å². The highest BCUT2D eigenvalue weighted by atomic mass is 35.5. The summed E-state index contributed by atoms with van der Waals surface area (Å²) >= 11 is 30.6. The molecule has 0 bridgehead atoms. The summed E-state index contributed by atoms with van der Waals surface area (Å²) in [6.45, 7) is 3.04. The largest absolute Gasteiger partial charge is 0.471 e. The lowest BCUT2D eigenvalue weighted by Crippen LogP contribution is -2.43. The van der Waals surface area contributed by atoms with Crippen LogP contribution in [-0.4, -0.2) is 80.4 Å². The number of para-hydroxylation sites is 2. The number of nitrogen functional groups attached to an aromatic ring is 1. The van der Waals surface area contributed by atoms with Crippen molar-refractivity contribution in [3.63, 3.8) is 0 Å². The van der Waals surface area contributed by atoms with Gasteiger partial charge in [0.25, 0.3) is 0 Å². The molecular weight excluding hydrogens is 1010 g/mol. The average molecular weight is 1060 g/mol. The maximum absolute atomic E-state index is 12.3. The Balaban J connectivity index is 0.000000152. The molecule has 2 aliphatic rings. The van der Waals surface area contributed by atoms with E-state index in [1.807, 2.05) is 24.1 Å². The lowest BCUT2D eigenvalue weighted by atomic mass is 9.99. The van der Waals surface area contributed by atoms with Gasteiger partial charge >= 0.3 is 12.1 Å². The highest BCUT2D eigenvalue weighted by Gasteiger charge is 2.43. The molecule has 24 heteroatoms. The molecule has 10 rings (SSSR count). The standard InChI is InChI=1S/C23H21Cl2N7O.C12H8Cl3N5.C11H11F3N2O/c1-13(33)32-9-8-14-6-7-16(10-15(14)12-32)27-23-26-11-17-21(30-31(2)22(17)29-23)28-20-18(24)4-3-5-19(20)25;1-20-11-6(5-16-12(15)18-11)10(19-20)17-9-7(13)3-2-4-8(9)14;12-11(13,14)10(17)16-4-3-7-1-2-9(15)5-8(7)6-16/h3-7,10-11H,8-9,12H2,1-2H3,(H,28,30)(H,26,27,29);2-5H,1H3,(H,17,19);1-2,5H,3-4,6,15H2. The van der Waals surface area contributed by atoms with Crippen molar-refractivity contribution in [3.8, 4) is 0 Å². The van der Waals surface area contributed by atoms with Crippen LogP contribution in [0.1, 0.15) is 29.2 Å². The van der Waals surface area contributed by atoms with Crippen molar-refractivity contribution in [2.75, 3.05) is 34.8 Å². The van der Waals surface area contributed by atoms with Crippen LogP contribution in [0.25, 0.3) is 22.1 Å². The van der Waals surface area contributed by atoms with E-state index in [0.29, 0.717) is 84.6 Å². The second kappa shape index (κ2) is 20.8. The molecule has 0 fully saturated rings. The van der Waals surface area contributed by atoms with Gasteiger partial charge in [-0.15, -0.1) is 0 Å². The number of aryl methyl sites for hydroxylation is 2. The van der Waals surface area contributed by atoms with Gasteiger partial charge in [0.1, 0.15) is 0 Å². The number of halogens is 8. The minimum absolute atomic E-state index is 0.0291. The van der Waals surface area contributed by atoms with E-state index in [1.54, 1.807) is 90.3 Å². The second-order valence-corrected chi connectivity index (χ2v) is 18.0. The molecule has 0 atom stereocenters. The third-order valence-electron chi connectivity index (χ3n) is 11.2. The summed E-state index contributed by atoms with van der Waals surface area (Å²) in [5, 5.41) is 22.1. The molecule has 6 heterocycles. The Labute approximate surface area is 422 Å². The number of carbonyl (C=O) groups excluding carboxylic acids is 2. The molecule has 5 N–H and O–H groups in total. The van der Waals surface area contributed by atoms with E-state index in [4.69, 9.17) is 63.7 Å². The summed E-state index contributed by atoms with van der Waals surface area (Å²) < 4.78 is 40.1. The normalized spacial score (nSPS) is 13.1. The Bertz CT molecular complexity index is 3260. The predicted molar refractivity (Wildman–Crippen MR) is 268 cm³/mol. The van der Waals surface area contributed by atoms with Gasteiger partial charge in [0.05, 0.1) is 42.2 Å². The van der Waals surface area contributed by atoms with Crippen molar-refractivity contribution in [3.05, 3.63) is 133 Å². The molecule has 362 valence electrons. The van der Waals surface area contributed by atoms with Gasteiger partial charge in [-0.2, -0.15) is 33.3 Å². The summed E-state index contributed by atoms with van der Waals surface area (Å²) in [6.07, 6.45) is -0.210. The number of alkyl halides is 3. The lowest BCUT2D eigenvalue weighted by molar-refractivity contribution is -0.186. The molecule has 16 nitrogen and oxygen atoms in total. The van der Waals surface area contributed by atoms with Crippen molar-refractivity contribution >= 4 is 132 Å². The van der Waals surface area contributed by atoms with Crippen molar-refractivity contribution < 1.29 is 22.8 Å². The number of aromatic nitrogens is 8. The van der Waals surface area contributed by atoms with Crippen LogP contribution in [0.15, 0.2) is 85.2 Å². The second-order valence-electron chi connectivity index (χ2n) is 16.0. The maximum Gasteiger partial charge on any atom is 0.471 e. The first-order valence-electron chi connectivity index (χ1n) is 21.2. The van der Waals surface area contributed by atoms with E-state index in [1.165, 1.54) is 5.56 Å². The smallest absolute Gasteiger partial charge is 0.399 e. The van der Waals surface area contributed by atoms with E-state index < -0.39 is 12.1 Å². The zero-order chi connectivity index (χ0) is 50.0. The molecule has 0 saturated carbocycles. The van der Waals surface area contributed by atoms with E-state index >= 15 is 0 Å². The number of anilines is 7. The molecule has 4 aromatic carbocycles. The number of carbonyl (C=O) groups is 2. The summed E-state index contributed by atoms with van der Waals surface area (Å²) in [6, 6.07) is 21.8. The molecule has 2 amide bonds. The molecule has 0 saturated heterocycles. The monoisotopic (exact) mass is 1050 g/mol. The number of rotatable bonds is 6. The fourth-order valence-corrected chi connectivity index (χ4v) is 8.85. The van der Waals surface area contributed by atoms with Crippen LogP contribution in [0, 0.1) is 0 Å². The molecule has 2 aliphatic heterocycles. The fraction of sp³-hybridized carbons (Fsp3) is 0.217. The minimum atomic E-state index is -4.81. The van der Waals surface area contributed by atoms with Gasteiger partial charge in [0, 0.05) is 71.0 Å². The Morgan fingerprint density at radius 2 is 1.14 bits per heavy atom. The molecular formula is C46H40Cl5F3N14O2. The first-order valence-corrected chi connectivity index (χ1v) is 23.1. The number of nitrogens with one attached hydrogen (secondary N) is 3. The van der Waals surface area contributed by atoms with Gasteiger partial charge < -0.3 is 31.5 Å². The summed E-state index contributed by atoms with van der Waals surface area (Å²) in [5.41, 5.74) is 13.4. The zero-order valence-electron chi connectivity index (χ0n) is 37.2. The van der Waals surface area contributed by atoms with Crippen LogP contribution in [0.4, 0.5) is 53.5 Å². The summed E-state index contributed by atoms with van der Waals surface area (Å²) in [5.74, 6) is -0.120. The van der Waals surface area contributed by atoms with Crippen LogP contribution in [0.5, 0.6) is 0 Å². The first kappa shape index (κ1) is 49.8. The van der Waals surface area contributed by atoms with E-state index in [2.05, 4.69) is 52.2 Å². The molecule has 70 heavy (non-hydrogen) atoms. The quantitative estimate of drug-likeness (QED) is 0.0912. The highest BCUT2D eigenvalue weighted by molar-refractivity contribution is 6.40. The molecule has 0 aliphatic carbocycles. The first-order chi connectivity index (χ1) is 33.3. The third-order valence-corrected chi connectivity index (χ3v) is 12.7. The molecule has 0 radical (unpaired) electrons. The Kier molecular flexibility index (Phi) is 14.8. The van der Waals surface area contributed by atoms with E-state index in [-0.39, 0.29) is 24.3 Å². The number of nitrogens with zero attached hydrogens (tertiary/aromatic N) is 10. The molecule has 8 aromatic rings. The van der Waals surface area contributed by atoms with E-state index in [9.17, 15) is 22.8 Å². The van der Waals surface area contributed by atoms with Crippen LogP contribution in [0.2, 0.25) is 25.4 Å². The lowest BCUT2D eigenvalue weighted by Gasteiger charge is -2.29. The topological polar surface area (TPSA) is 190 Å². The van der Waals surface area contributed by atoms with Gasteiger partial charge in [-0.1, -0.05) is 70.7 Å². The van der Waals surface area contributed by atoms with Crippen LogP contribution in [0.3, 0.4) is 0 Å². The van der Waals surface area contributed by atoms with Gasteiger partial charge in [-0.25, -0.2) is 19.3 Å². The van der Waals surface area contributed by atoms with Crippen LogP contribution >= 0.6 is 58.0 Å². The van der Waals surface area contributed by atoms with Crippen LogP contribution in [-0.2, 0) is 49.6 Å². The molecule has 0 spiro atoms. The number of amides is 2. The maximum atomic E-state index is 12.3. The highest BCUT2D eigenvalue weighted by Crippen LogP contribution is 2.36. The predicted octanol–water partition coefficient (Wildman–Crippen LogP) is 10.8. The fourth-order valence-electron chi connectivity index (χ4n) is 7.73. The summed E-state index contributed by atoms with van der Waals surface area (Å²) in [4.78, 5) is 42.7. The average Bonchev–Trinajstić information content (AvgIpc) is 3.80. The number of nitrogens with two attached hydrogens (primary N) is 1. The third kappa shape index (κ3) is 11.2. The van der Waals surface area contributed by atoms with Crippen molar-refractivity contribution in [1.29, 1.82) is 0 Å². The Morgan fingerprint density at radius 1 is 0.643 bits per heavy atom.